The first-order chi connectivity index (χ1) is 9.29. The molecule has 100 valence electrons. The second-order valence-corrected chi connectivity index (χ2v) is 4.84. The fourth-order valence-corrected chi connectivity index (χ4v) is 2.01. The Morgan fingerprint density at radius 2 is 1.74 bits per heavy atom. The molecule has 0 aromatic heterocycles. The van der Waals surface area contributed by atoms with Crippen LogP contribution in [0.1, 0.15) is 30.5 Å². The molecule has 19 heavy (non-hydrogen) atoms. The minimum Gasteiger partial charge on any atom is -0.296 e. The van der Waals surface area contributed by atoms with Gasteiger partial charge >= 0.3 is 0 Å². The van der Waals surface area contributed by atoms with Crippen molar-refractivity contribution in [3.8, 4) is 0 Å². The fourth-order valence-electron chi connectivity index (χ4n) is 1.88. The standard InChI is InChI=1S/C16H18ClNO/c1-2-16(14-8-10-15(17)11-9-14)18-19-12-13-6-4-3-5-7-13/h3-11,16,18H,2,12H2,1H3. The van der Waals surface area contributed by atoms with Gasteiger partial charge in [-0.25, -0.2) is 0 Å². The molecule has 1 N–H and O–H groups in total. The lowest BCUT2D eigenvalue weighted by Crippen LogP contribution is -2.21. The van der Waals surface area contributed by atoms with E-state index in [0.717, 1.165) is 17.0 Å². The van der Waals surface area contributed by atoms with E-state index in [1.165, 1.54) is 5.56 Å². The summed E-state index contributed by atoms with van der Waals surface area (Å²) in [5, 5.41) is 0.754. The van der Waals surface area contributed by atoms with Crippen LogP contribution in [0, 0.1) is 0 Å². The molecule has 0 saturated heterocycles. The van der Waals surface area contributed by atoms with Crippen LogP contribution in [0.15, 0.2) is 54.6 Å². The number of nitrogens with one attached hydrogen (secondary N) is 1. The van der Waals surface area contributed by atoms with Crippen LogP contribution in [-0.4, -0.2) is 0 Å². The van der Waals surface area contributed by atoms with Crippen molar-refractivity contribution in [2.45, 2.75) is 26.0 Å². The highest BCUT2D eigenvalue weighted by molar-refractivity contribution is 6.30. The summed E-state index contributed by atoms with van der Waals surface area (Å²) in [4.78, 5) is 5.57. The molecular weight excluding hydrogens is 258 g/mol. The van der Waals surface area contributed by atoms with Crippen LogP contribution in [0.2, 0.25) is 5.02 Å². The Hall–Kier alpha value is -1.35. The summed E-state index contributed by atoms with van der Waals surface area (Å²) < 4.78 is 0. The molecule has 0 bridgehead atoms. The molecule has 2 aromatic carbocycles. The van der Waals surface area contributed by atoms with Crippen LogP contribution >= 0.6 is 11.6 Å². The van der Waals surface area contributed by atoms with Gasteiger partial charge in [-0.2, -0.15) is 5.48 Å². The predicted octanol–water partition coefficient (Wildman–Crippen LogP) is 4.51. The first-order valence-corrected chi connectivity index (χ1v) is 6.84. The summed E-state index contributed by atoms with van der Waals surface area (Å²) in [5.74, 6) is 0. The number of hydrogen-bond donors (Lipinski definition) is 1. The number of rotatable bonds is 6. The minimum atomic E-state index is 0.181. The fraction of sp³-hybridized carbons (Fsp3) is 0.250. The van der Waals surface area contributed by atoms with E-state index < -0.39 is 0 Å². The molecule has 2 nitrogen and oxygen atoms in total. The molecule has 0 radical (unpaired) electrons. The first kappa shape index (κ1) is 14.1. The Morgan fingerprint density at radius 1 is 1.05 bits per heavy atom. The average Bonchev–Trinajstić information content (AvgIpc) is 2.46. The van der Waals surface area contributed by atoms with Gasteiger partial charge in [0, 0.05) is 5.02 Å². The van der Waals surface area contributed by atoms with E-state index in [2.05, 4.69) is 12.4 Å². The second kappa shape index (κ2) is 7.29. The van der Waals surface area contributed by atoms with E-state index in [1.807, 2.05) is 54.6 Å². The van der Waals surface area contributed by atoms with Crippen molar-refractivity contribution in [2.24, 2.45) is 0 Å². The maximum Gasteiger partial charge on any atom is 0.0933 e. The largest absolute Gasteiger partial charge is 0.296 e. The van der Waals surface area contributed by atoms with Crippen LogP contribution in [0.5, 0.6) is 0 Å². The predicted molar refractivity (Wildman–Crippen MR) is 78.9 cm³/mol. The zero-order valence-corrected chi connectivity index (χ0v) is 11.7. The molecule has 0 aliphatic carbocycles. The van der Waals surface area contributed by atoms with Gasteiger partial charge in [-0.1, -0.05) is 61.0 Å². The third-order valence-electron chi connectivity index (χ3n) is 2.99. The monoisotopic (exact) mass is 275 g/mol. The quantitative estimate of drug-likeness (QED) is 0.783. The Balaban J connectivity index is 1.87. The highest BCUT2D eigenvalue weighted by Gasteiger charge is 2.08. The van der Waals surface area contributed by atoms with Gasteiger partial charge in [-0.15, -0.1) is 0 Å². The maximum atomic E-state index is 5.89. The first-order valence-electron chi connectivity index (χ1n) is 6.46. The Morgan fingerprint density at radius 3 is 2.37 bits per heavy atom. The second-order valence-electron chi connectivity index (χ2n) is 4.40. The number of benzene rings is 2. The van der Waals surface area contributed by atoms with Crippen molar-refractivity contribution >= 4 is 11.6 Å². The average molecular weight is 276 g/mol. The molecule has 0 spiro atoms. The van der Waals surface area contributed by atoms with Crippen molar-refractivity contribution in [3.05, 3.63) is 70.7 Å². The van der Waals surface area contributed by atoms with Gasteiger partial charge in [0.2, 0.25) is 0 Å². The number of halogens is 1. The van der Waals surface area contributed by atoms with E-state index >= 15 is 0 Å². The Kier molecular flexibility index (Phi) is 5.40. The molecule has 0 heterocycles. The van der Waals surface area contributed by atoms with E-state index in [0.29, 0.717) is 6.61 Å². The van der Waals surface area contributed by atoms with Crippen LogP contribution in [0.25, 0.3) is 0 Å². The zero-order valence-electron chi connectivity index (χ0n) is 11.0. The van der Waals surface area contributed by atoms with Gasteiger partial charge in [0.05, 0.1) is 12.6 Å². The maximum absolute atomic E-state index is 5.89. The van der Waals surface area contributed by atoms with E-state index in [9.17, 15) is 0 Å². The van der Waals surface area contributed by atoms with Crippen molar-refractivity contribution in [1.82, 2.24) is 5.48 Å². The SMILES string of the molecule is CCC(NOCc1ccccc1)c1ccc(Cl)cc1. The van der Waals surface area contributed by atoms with E-state index in [1.54, 1.807) is 0 Å². The molecule has 0 amide bonds. The van der Waals surface area contributed by atoms with E-state index in [4.69, 9.17) is 16.4 Å². The third kappa shape index (κ3) is 4.35. The number of hydrogen-bond acceptors (Lipinski definition) is 2. The molecule has 2 rings (SSSR count). The summed E-state index contributed by atoms with van der Waals surface area (Å²) >= 11 is 5.89. The molecule has 1 unspecified atom stereocenters. The smallest absolute Gasteiger partial charge is 0.0933 e. The van der Waals surface area contributed by atoms with Crippen molar-refractivity contribution in [2.75, 3.05) is 0 Å². The van der Waals surface area contributed by atoms with Gasteiger partial charge in [0.1, 0.15) is 0 Å². The molecular formula is C16H18ClNO. The lowest BCUT2D eigenvalue weighted by atomic mass is 10.1. The van der Waals surface area contributed by atoms with Crippen molar-refractivity contribution in [1.29, 1.82) is 0 Å². The molecule has 2 aromatic rings. The lowest BCUT2D eigenvalue weighted by molar-refractivity contribution is 0.00203. The Labute approximate surface area is 119 Å². The van der Waals surface area contributed by atoms with Gasteiger partial charge < -0.3 is 0 Å². The topological polar surface area (TPSA) is 21.3 Å². The molecule has 0 aliphatic heterocycles. The van der Waals surface area contributed by atoms with Crippen LogP contribution in [-0.2, 0) is 11.4 Å². The molecule has 0 saturated carbocycles. The summed E-state index contributed by atoms with van der Waals surface area (Å²) in [5.41, 5.74) is 5.44. The highest BCUT2D eigenvalue weighted by atomic mass is 35.5. The highest BCUT2D eigenvalue weighted by Crippen LogP contribution is 2.19. The van der Waals surface area contributed by atoms with E-state index in [-0.39, 0.29) is 6.04 Å². The molecule has 0 fully saturated rings. The summed E-state index contributed by atoms with van der Waals surface area (Å²) in [6, 6.07) is 18.1. The van der Waals surface area contributed by atoms with Gasteiger partial charge in [0.15, 0.2) is 0 Å². The summed E-state index contributed by atoms with van der Waals surface area (Å²) in [6.45, 7) is 2.68. The zero-order chi connectivity index (χ0) is 13.5. The molecule has 1 atom stereocenters. The third-order valence-corrected chi connectivity index (χ3v) is 3.24. The minimum absolute atomic E-state index is 0.181. The van der Waals surface area contributed by atoms with Crippen molar-refractivity contribution in [3.63, 3.8) is 0 Å². The van der Waals surface area contributed by atoms with Crippen LogP contribution < -0.4 is 5.48 Å². The lowest BCUT2D eigenvalue weighted by Gasteiger charge is -2.17. The van der Waals surface area contributed by atoms with Crippen LogP contribution in [0.4, 0.5) is 0 Å². The van der Waals surface area contributed by atoms with Gasteiger partial charge in [0.25, 0.3) is 0 Å². The van der Waals surface area contributed by atoms with Crippen molar-refractivity contribution < 1.29 is 4.84 Å². The van der Waals surface area contributed by atoms with Gasteiger partial charge in [-0.05, 0) is 29.7 Å². The van der Waals surface area contributed by atoms with Crippen LogP contribution in [0.3, 0.4) is 0 Å². The molecule has 3 heteroatoms. The summed E-state index contributed by atoms with van der Waals surface area (Å²) in [7, 11) is 0. The molecule has 0 aliphatic rings. The summed E-state index contributed by atoms with van der Waals surface area (Å²) in [6.07, 6.45) is 0.955. The Bertz CT molecular complexity index is 484. The normalized spacial score (nSPS) is 12.3. The number of hydroxylamine groups is 1. The van der Waals surface area contributed by atoms with Gasteiger partial charge in [-0.3, -0.25) is 4.84 Å².